The molecule has 0 rings (SSSR count). The van der Waals surface area contributed by atoms with Gasteiger partial charge in [0.05, 0.1) is 0 Å². The van der Waals surface area contributed by atoms with Crippen molar-refractivity contribution in [2.45, 2.75) is 71.8 Å². The first-order valence-electron chi connectivity index (χ1n) is 8.05. The van der Waals surface area contributed by atoms with E-state index < -0.39 is 78.4 Å². The van der Waals surface area contributed by atoms with Crippen molar-refractivity contribution in [3.63, 3.8) is 0 Å². The number of halogens is 22. The predicted octanol–water partition coefficient (Wildman–Crippen LogP) is 6.31. The maximum atomic E-state index is 14.0. The Morgan fingerprint density at radius 1 is 0.324 bits per heavy atom. The summed E-state index contributed by atoms with van der Waals surface area (Å²) in [4.78, 5) is 0. The Labute approximate surface area is 186 Å². The van der Waals surface area contributed by atoms with Crippen LogP contribution in [0.15, 0.2) is 0 Å². The van der Waals surface area contributed by atoms with Gasteiger partial charge in [0.1, 0.15) is 0 Å². The van der Waals surface area contributed by atoms with Crippen LogP contribution in [0.1, 0.15) is 6.42 Å². The van der Waals surface area contributed by atoms with Gasteiger partial charge in [0.25, 0.3) is 0 Å². The summed E-state index contributed by atoms with van der Waals surface area (Å²) in [5, 5.41) is 17.4. The normalized spacial score (nSPS) is 16.9. The maximum Gasteiger partial charge on any atom is 0.460 e. The molecular formula is C13H6F22O2. The molecule has 0 bridgehead atoms. The van der Waals surface area contributed by atoms with E-state index in [-0.39, 0.29) is 0 Å². The van der Waals surface area contributed by atoms with Crippen LogP contribution >= 0.6 is 0 Å². The third kappa shape index (κ3) is 4.22. The van der Waals surface area contributed by atoms with Crippen LogP contribution in [0.25, 0.3) is 0 Å². The molecule has 0 unspecified atom stereocenters. The first-order chi connectivity index (χ1) is 15.6. The molecule has 0 saturated heterocycles. The van der Waals surface area contributed by atoms with Gasteiger partial charge in [-0.3, -0.25) is 0 Å². The molecule has 2 nitrogen and oxygen atoms in total. The van der Waals surface area contributed by atoms with Crippen molar-refractivity contribution in [3.05, 3.63) is 0 Å². The van der Waals surface area contributed by atoms with Crippen molar-refractivity contribution in [1.29, 1.82) is 0 Å². The van der Waals surface area contributed by atoms with E-state index in [4.69, 9.17) is 10.2 Å². The summed E-state index contributed by atoms with van der Waals surface area (Å²) < 4.78 is 287. The zero-order chi connectivity index (χ0) is 30.9. The molecule has 0 aliphatic heterocycles. The highest BCUT2D eigenvalue weighted by atomic mass is 19.4. The maximum absolute atomic E-state index is 14.0. The minimum absolute atomic E-state index is 2.98. The number of hydrogen-bond acceptors (Lipinski definition) is 2. The van der Waals surface area contributed by atoms with E-state index in [9.17, 15) is 96.6 Å². The SMILES string of the molecule is OCCC(O)(C(F)(F)C(F)(F)C(F)(F)C(F)(F)C(F)(F)F)C(F)(F)C(F)(F)C(F)(F)C(F)(F)C(F)(F)F. The van der Waals surface area contributed by atoms with E-state index in [2.05, 4.69) is 0 Å². The fraction of sp³-hybridized carbons (Fsp3) is 1.00. The lowest BCUT2D eigenvalue weighted by Crippen LogP contribution is -2.80. The summed E-state index contributed by atoms with van der Waals surface area (Å²) in [6.07, 6.45) is -19.8. The minimum atomic E-state index is -8.88. The Morgan fingerprint density at radius 2 is 0.514 bits per heavy atom. The predicted molar refractivity (Wildman–Crippen MR) is 68.3 cm³/mol. The Balaban J connectivity index is 7.49. The van der Waals surface area contributed by atoms with E-state index in [0.717, 1.165) is 0 Å². The highest BCUT2D eigenvalue weighted by molar-refractivity contribution is 5.21. The molecular weight excluding hydrogens is 606 g/mol. The highest BCUT2D eigenvalue weighted by Gasteiger charge is 2.96. The van der Waals surface area contributed by atoms with Crippen LogP contribution in [-0.2, 0) is 0 Å². The van der Waals surface area contributed by atoms with Gasteiger partial charge >= 0.3 is 59.7 Å². The van der Waals surface area contributed by atoms with E-state index in [1.807, 2.05) is 0 Å². The second-order valence-electron chi connectivity index (χ2n) is 6.92. The molecule has 0 saturated carbocycles. The topological polar surface area (TPSA) is 40.5 Å². The third-order valence-corrected chi connectivity index (χ3v) is 4.59. The molecule has 37 heavy (non-hydrogen) atoms. The number of alkyl halides is 22. The van der Waals surface area contributed by atoms with Crippen LogP contribution in [-0.4, -0.2) is 82.2 Å². The average molecular weight is 612 g/mol. The molecule has 0 heterocycles. The number of aliphatic hydroxyl groups excluding tert-OH is 1. The fourth-order valence-electron chi connectivity index (χ4n) is 2.34. The Kier molecular flexibility index (Phi) is 8.31. The zero-order valence-corrected chi connectivity index (χ0v) is 16.1. The van der Waals surface area contributed by atoms with Gasteiger partial charge in [0.15, 0.2) is 0 Å². The van der Waals surface area contributed by atoms with Crippen LogP contribution in [0.4, 0.5) is 96.6 Å². The number of aliphatic hydroxyl groups is 2. The van der Waals surface area contributed by atoms with Gasteiger partial charge < -0.3 is 10.2 Å². The molecule has 224 valence electrons. The first kappa shape index (κ1) is 35.4. The van der Waals surface area contributed by atoms with Crippen molar-refractivity contribution in [1.82, 2.24) is 0 Å². The molecule has 0 spiro atoms. The molecule has 0 fully saturated rings. The smallest absolute Gasteiger partial charge is 0.396 e. The molecule has 0 aliphatic rings. The van der Waals surface area contributed by atoms with Gasteiger partial charge in [-0.25, -0.2) is 0 Å². The van der Waals surface area contributed by atoms with Gasteiger partial charge in [0.2, 0.25) is 5.60 Å². The lowest BCUT2D eigenvalue weighted by molar-refractivity contribution is -0.474. The zero-order valence-electron chi connectivity index (χ0n) is 16.1. The van der Waals surface area contributed by atoms with Gasteiger partial charge in [-0.15, -0.1) is 0 Å². The lowest BCUT2D eigenvalue weighted by atomic mass is 9.75. The summed E-state index contributed by atoms with van der Waals surface area (Å²) >= 11 is 0. The highest BCUT2D eigenvalue weighted by Crippen LogP contribution is 2.66. The summed E-state index contributed by atoms with van der Waals surface area (Å²) in [5.74, 6) is -69.5. The van der Waals surface area contributed by atoms with Crippen molar-refractivity contribution >= 4 is 0 Å². The van der Waals surface area contributed by atoms with E-state index in [0.29, 0.717) is 0 Å². The number of rotatable bonds is 10. The van der Waals surface area contributed by atoms with Gasteiger partial charge in [0, 0.05) is 13.0 Å². The molecule has 0 aromatic rings. The van der Waals surface area contributed by atoms with Crippen molar-refractivity contribution in [2.24, 2.45) is 0 Å². The van der Waals surface area contributed by atoms with E-state index >= 15 is 0 Å². The Bertz CT molecular complexity index is 757. The summed E-state index contributed by atoms with van der Waals surface area (Å²) in [6, 6.07) is 0. The number of hydrogen-bond donors (Lipinski definition) is 2. The van der Waals surface area contributed by atoms with Crippen molar-refractivity contribution in [3.8, 4) is 0 Å². The standard InChI is InChI=1S/C13H6F22O2/c14-4(15,6(18,19)8(22,23)10(26,27)12(30,31)32)3(37,1-2-36)5(16,17)7(20,21)9(24,25)11(28,29)13(33,34)35/h36-37H,1-2H2. The molecule has 0 aromatic heterocycles. The second-order valence-corrected chi connectivity index (χ2v) is 6.92. The molecule has 0 aliphatic carbocycles. The fourth-order valence-corrected chi connectivity index (χ4v) is 2.34. The van der Waals surface area contributed by atoms with Gasteiger partial charge in [-0.2, -0.15) is 96.6 Å². The Morgan fingerprint density at radius 3 is 0.676 bits per heavy atom. The molecule has 2 N–H and O–H groups in total. The molecule has 0 atom stereocenters. The summed E-state index contributed by atoms with van der Waals surface area (Å²) in [5.41, 5.74) is -7.67. The summed E-state index contributed by atoms with van der Waals surface area (Å²) in [6.45, 7) is -2.98. The second kappa shape index (κ2) is 8.69. The van der Waals surface area contributed by atoms with Crippen LogP contribution in [0, 0.1) is 0 Å². The van der Waals surface area contributed by atoms with Crippen LogP contribution < -0.4 is 0 Å². The molecule has 0 radical (unpaired) electrons. The van der Waals surface area contributed by atoms with Crippen LogP contribution in [0.3, 0.4) is 0 Å². The third-order valence-electron chi connectivity index (χ3n) is 4.59. The molecule has 0 aromatic carbocycles. The quantitative estimate of drug-likeness (QED) is 0.285. The van der Waals surface area contributed by atoms with Crippen LogP contribution in [0.2, 0.25) is 0 Å². The van der Waals surface area contributed by atoms with Gasteiger partial charge in [-0.1, -0.05) is 0 Å². The lowest BCUT2D eigenvalue weighted by Gasteiger charge is -2.49. The van der Waals surface area contributed by atoms with E-state index in [1.165, 1.54) is 0 Å². The van der Waals surface area contributed by atoms with Gasteiger partial charge in [-0.05, 0) is 0 Å². The molecule has 24 heteroatoms. The van der Waals surface area contributed by atoms with Crippen molar-refractivity contribution in [2.75, 3.05) is 6.61 Å². The largest absolute Gasteiger partial charge is 0.460 e. The monoisotopic (exact) mass is 612 g/mol. The average Bonchev–Trinajstić information content (AvgIpc) is 2.64. The Hall–Kier alpha value is -1.62. The van der Waals surface area contributed by atoms with Crippen molar-refractivity contribution < 1.29 is 107 Å². The first-order valence-corrected chi connectivity index (χ1v) is 8.05. The summed E-state index contributed by atoms with van der Waals surface area (Å²) in [7, 11) is 0. The molecule has 0 amide bonds. The minimum Gasteiger partial charge on any atom is -0.396 e. The van der Waals surface area contributed by atoms with E-state index in [1.54, 1.807) is 0 Å². The van der Waals surface area contributed by atoms with Crippen LogP contribution in [0.5, 0.6) is 0 Å².